The molecule has 0 heterocycles. The molecular formula is C16H27NO2. The van der Waals surface area contributed by atoms with Crippen LogP contribution in [0.4, 0.5) is 0 Å². The van der Waals surface area contributed by atoms with Crippen molar-refractivity contribution in [2.75, 3.05) is 26.7 Å². The average molecular weight is 265 g/mol. The van der Waals surface area contributed by atoms with E-state index in [9.17, 15) is 5.11 Å². The minimum Gasteiger partial charge on any atom is -0.496 e. The Bertz CT molecular complexity index is 373. The quantitative estimate of drug-likeness (QED) is 0.783. The van der Waals surface area contributed by atoms with Gasteiger partial charge in [0.2, 0.25) is 0 Å². The third kappa shape index (κ3) is 4.84. The Morgan fingerprint density at radius 2 is 1.84 bits per heavy atom. The van der Waals surface area contributed by atoms with E-state index >= 15 is 0 Å². The predicted octanol–water partition coefficient (Wildman–Crippen LogP) is 3.16. The number of aliphatic hydroxyl groups is 1. The van der Waals surface area contributed by atoms with Crippen LogP contribution in [0.15, 0.2) is 18.2 Å². The SMILES string of the molecule is CCCN(CCC)CC(O)c1ccc(OC)c(C)c1. The monoisotopic (exact) mass is 265 g/mol. The molecule has 0 saturated carbocycles. The molecule has 1 N–H and O–H groups in total. The summed E-state index contributed by atoms with van der Waals surface area (Å²) in [6.07, 6.45) is 1.81. The summed E-state index contributed by atoms with van der Waals surface area (Å²) in [4.78, 5) is 2.32. The van der Waals surface area contributed by atoms with E-state index in [1.54, 1.807) is 7.11 Å². The predicted molar refractivity (Wildman–Crippen MR) is 79.7 cm³/mol. The molecule has 1 aromatic carbocycles. The highest BCUT2D eigenvalue weighted by Crippen LogP contribution is 2.23. The minimum atomic E-state index is -0.428. The van der Waals surface area contributed by atoms with E-state index < -0.39 is 6.10 Å². The maximum Gasteiger partial charge on any atom is 0.121 e. The summed E-state index contributed by atoms with van der Waals surface area (Å²) in [5.41, 5.74) is 2.03. The summed E-state index contributed by atoms with van der Waals surface area (Å²) in [6.45, 7) is 9.14. The largest absolute Gasteiger partial charge is 0.496 e. The molecule has 0 radical (unpaired) electrons. The Kier molecular flexibility index (Phi) is 6.89. The lowest BCUT2D eigenvalue weighted by Crippen LogP contribution is -2.30. The molecule has 1 aromatic rings. The number of benzene rings is 1. The number of rotatable bonds is 8. The van der Waals surface area contributed by atoms with Crippen LogP contribution >= 0.6 is 0 Å². The van der Waals surface area contributed by atoms with Gasteiger partial charge in [-0.2, -0.15) is 0 Å². The molecule has 0 bridgehead atoms. The summed E-state index contributed by atoms with van der Waals surface area (Å²) < 4.78 is 5.25. The summed E-state index contributed by atoms with van der Waals surface area (Å²) in [5.74, 6) is 0.870. The highest BCUT2D eigenvalue weighted by Gasteiger charge is 2.13. The molecule has 1 atom stereocenters. The van der Waals surface area contributed by atoms with E-state index in [1.165, 1.54) is 0 Å². The fourth-order valence-electron chi connectivity index (χ4n) is 2.39. The van der Waals surface area contributed by atoms with Crippen molar-refractivity contribution in [3.8, 4) is 5.75 Å². The normalized spacial score (nSPS) is 12.7. The number of methoxy groups -OCH3 is 1. The van der Waals surface area contributed by atoms with Crippen molar-refractivity contribution in [3.05, 3.63) is 29.3 Å². The van der Waals surface area contributed by atoms with Crippen molar-refractivity contribution in [3.63, 3.8) is 0 Å². The van der Waals surface area contributed by atoms with E-state index in [0.29, 0.717) is 6.54 Å². The Labute approximate surface area is 117 Å². The molecule has 1 rings (SSSR count). The van der Waals surface area contributed by atoms with Crippen molar-refractivity contribution >= 4 is 0 Å². The van der Waals surface area contributed by atoms with E-state index in [4.69, 9.17) is 4.74 Å². The lowest BCUT2D eigenvalue weighted by Gasteiger charge is -2.24. The first-order valence-electron chi connectivity index (χ1n) is 7.17. The number of ether oxygens (including phenoxy) is 1. The number of hydrogen-bond acceptors (Lipinski definition) is 3. The zero-order chi connectivity index (χ0) is 14.3. The topological polar surface area (TPSA) is 32.7 Å². The molecule has 3 nitrogen and oxygen atoms in total. The zero-order valence-corrected chi connectivity index (χ0v) is 12.6. The standard InChI is InChI=1S/C16H27NO2/c1-5-9-17(10-6-2)12-15(18)14-7-8-16(19-4)13(3)11-14/h7-8,11,15,18H,5-6,9-10,12H2,1-4H3. The van der Waals surface area contributed by atoms with Crippen molar-refractivity contribution in [1.29, 1.82) is 0 Å². The second-order valence-corrected chi connectivity index (χ2v) is 5.05. The summed E-state index contributed by atoms with van der Waals surface area (Å²) in [5, 5.41) is 10.3. The highest BCUT2D eigenvalue weighted by atomic mass is 16.5. The molecule has 0 spiro atoms. The molecule has 1 unspecified atom stereocenters. The highest BCUT2D eigenvalue weighted by molar-refractivity contribution is 5.37. The fourth-order valence-corrected chi connectivity index (χ4v) is 2.39. The van der Waals surface area contributed by atoms with Crippen LogP contribution in [-0.4, -0.2) is 36.8 Å². The van der Waals surface area contributed by atoms with Crippen LogP contribution in [-0.2, 0) is 0 Å². The Morgan fingerprint density at radius 1 is 1.21 bits per heavy atom. The summed E-state index contributed by atoms with van der Waals surface area (Å²) in [7, 11) is 1.67. The van der Waals surface area contributed by atoms with Crippen LogP contribution in [0.5, 0.6) is 5.75 Å². The van der Waals surface area contributed by atoms with Crippen molar-refractivity contribution in [1.82, 2.24) is 4.90 Å². The van der Waals surface area contributed by atoms with E-state index in [0.717, 1.165) is 42.8 Å². The molecule has 0 amide bonds. The van der Waals surface area contributed by atoms with Crippen LogP contribution in [0.2, 0.25) is 0 Å². The summed E-state index contributed by atoms with van der Waals surface area (Å²) in [6, 6.07) is 5.89. The number of aliphatic hydroxyl groups excluding tert-OH is 1. The lowest BCUT2D eigenvalue weighted by atomic mass is 10.1. The van der Waals surface area contributed by atoms with Gasteiger partial charge in [-0.05, 0) is 56.1 Å². The van der Waals surface area contributed by atoms with E-state index in [1.807, 2.05) is 25.1 Å². The van der Waals surface area contributed by atoms with Gasteiger partial charge in [-0.3, -0.25) is 0 Å². The molecule has 108 valence electrons. The van der Waals surface area contributed by atoms with Crippen molar-refractivity contribution < 1.29 is 9.84 Å². The fraction of sp³-hybridized carbons (Fsp3) is 0.625. The summed E-state index contributed by atoms with van der Waals surface area (Å²) >= 11 is 0. The molecular weight excluding hydrogens is 238 g/mol. The first-order chi connectivity index (χ1) is 9.12. The smallest absolute Gasteiger partial charge is 0.121 e. The Morgan fingerprint density at radius 3 is 2.32 bits per heavy atom. The molecule has 0 aliphatic rings. The van der Waals surface area contributed by atoms with Gasteiger partial charge >= 0.3 is 0 Å². The number of hydrogen-bond donors (Lipinski definition) is 1. The van der Waals surface area contributed by atoms with Gasteiger partial charge in [0.05, 0.1) is 13.2 Å². The van der Waals surface area contributed by atoms with Gasteiger partial charge in [-0.1, -0.05) is 19.9 Å². The third-order valence-electron chi connectivity index (χ3n) is 3.31. The van der Waals surface area contributed by atoms with Crippen LogP contribution in [0.3, 0.4) is 0 Å². The van der Waals surface area contributed by atoms with E-state index in [2.05, 4.69) is 18.7 Å². The van der Waals surface area contributed by atoms with Crippen molar-refractivity contribution in [2.24, 2.45) is 0 Å². The molecule has 0 aliphatic carbocycles. The first kappa shape index (κ1) is 16.0. The second-order valence-electron chi connectivity index (χ2n) is 5.05. The van der Waals surface area contributed by atoms with E-state index in [-0.39, 0.29) is 0 Å². The Balaban J connectivity index is 2.70. The van der Waals surface area contributed by atoms with Gasteiger partial charge in [-0.25, -0.2) is 0 Å². The lowest BCUT2D eigenvalue weighted by molar-refractivity contribution is 0.113. The molecule has 0 fully saturated rings. The molecule has 3 heteroatoms. The third-order valence-corrected chi connectivity index (χ3v) is 3.31. The number of aryl methyl sites for hydroxylation is 1. The van der Waals surface area contributed by atoms with Gasteiger partial charge < -0.3 is 14.7 Å². The minimum absolute atomic E-state index is 0.428. The van der Waals surface area contributed by atoms with Crippen LogP contribution in [0.25, 0.3) is 0 Å². The van der Waals surface area contributed by atoms with Crippen LogP contribution < -0.4 is 4.74 Å². The molecule has 0 aromatic heterocycles. The average Bonchev–Trinajstić information content (AvgIpc) is 2.39. The zero-order valence-electron chi connectivity index (χ0n) is 12.6. The van der Waals surface area contributed by atoms with Crippen molar-refractivity contribution in [2.45, 2.75) is 39.7 Å². The maximum atomic E-state index is 10.3. The van der Waals surface area contributed by atoms with Gasteiger partial charge in [0.15, 0.2) is 0 Å². The van der Waals surface area contributed by atoms with Gasteiger partial charge in [0, 0.05) is 6.54 Å². The van der Waals surface area contributed by atoms with Gasteiger partial charge in [-0.15, -0.1) is 0 Å². The molecule has 0 aliphatic heterocycles. The maximum absolute atomic E-state index is 10.3. The van der Waals surface area contributed by atoms with Gasteiger partial charge in [0.25, 0.3) is 0 Å². The Hall–Kier alpha value is -1.06. The van der Waals surface area contributed by atoms with Crippen LogP contribution in [0, 0.1) is 6.92 Å². The van der Waals surface area contributed by atoms with Gasteiger partial charge in [0.1, 0.15) is 5.75 Å². The molecule has 0 saturated heterocycles. The second kappa shape index (κ2) is 8.18. The number of nitrogens with zero attached hydrogens (tertiary/aromatic N) is 1. The molecule has 19 heavy (non-hydrogen) atoms. The van der Waals surface area contributed by atoms with Crippen LogP contribution in [0.1, 0.15) is 43.9 Å². The first-order valence-corrected chi connectivity index (χ1v) is 7.17.